The summed E-state index contributed by atoms with van der Waals surface area (Å²) in [6.07, 6.45) is 3.39. The minimum absolute atomic E-state index is 0.385. The summed E-state index contributed by atoms with van der Waals surface area (Å²) in [6, 6.07) is 2.55. The number of hydrogen-bond donors (Lipinski definition) is 2. The number of nitrogens with one attached hydrogen (secondary N) is 2. The third kappa shape index (κ3) is 5.47. The maximum atomic E-state index is 5.22. The Kier molecular flexibility index (Phi) is 6.42. The first kappa shape index (κ1) is 13.5. The molecular formula is C12H20N2S2. The Morgan fingerprint density at radius 3 is 3.00 bits per heavy atom. The fourth-order valence-electron chi connectivity index (χ4n) is 1.47. The molecule has 1 atom stereocenters. The van der Waals surface area contributed by atoms with E-state index in [1.165, 1.54) is 18.4 Å². The van der Waals surface area contributed by atoms with Crippen LogP contribution in [0, 0.1) is 0 Å². The largest absolute Gasteiger partial charge is 0.363 e. The lowest BCUT2D eigenvalue weighted by atomic mass is 10.1. The molecule has 1 unspecified atom stereocenters. The van der Waals surface area contributed by atoms with Crippen molar-refractivity contribution in [3.63, 3.8) is 0 Å². The van der Waals surface area contributed by atoms with E-state index in [0.29, 0.717) is 6.04 Å². The predicted octanol–water partition coefficient (Wildman–Crippen LogP) is 2.94. The van der Waals surface area contributed by atoms with Gasteiger partial charge in [-0.25, -0.2) is 0 Å². The number of unbranched alkanes of at least 4 members (excludes halogenated alkanes) is 1. The van der Waals surface area contributed by atoms with Crippen molar-refractivity contribution < 1.29 is 0 Å². The maximum Gasteiger partial charge on any atom is 0.166 e. The van der Waals surface area contributed by atoms with Crippen molar-refractivity contribution in [1.82, 2.24) is 10.6 Å². The minimum atomic E-state index is 0.385. The molecule has 1 rings (SSSR count). The van der Waals surface area contributed by atoms with Crippen LogP contribution in [-0.2, 0) is 6.42 Å². The second-order valence-corrected chi connectivity index (χ2v) is 5.18. The first-order chi connectivity index (χ1) is 7.72. The third-order valence-electron chi connectivity index (χ3n) is 2.32. The molecule has 0 spiro atoms. The summed E-state index contributed by atoms with van der Waals surface area (Å²) in [4.78, 5) is 0. The van der Waals surface area contributed by atoms with Gasteiger partial charge in [0.05, 0.1) is 0 Å². The molecule has 1 aromatic heterocycles. The smallest absolute Gasteiger partial charge is 0.166 e. The van der Waals surface area contributed by atoms with E-state index < -0.39 is 0 Å². The highest BCUT2D eigenvalue weighted by molar-refractivity contribution is 7.80. The summed E-state index contributed by atoms with van der Waals surface area (Å²) in [7, 11) is 0. The van der Waals surface area contributed by atoms with Gasteiger partial charge in [-0.05, 0) is 54.4 Å². The van der Waals surface area contributed by atoms with Crippen molar-refractivity contribution in [2.75, 3.05) is 6.54 Å². The van der Waals surface area contributed by atoms with E-state index in [4.69, 9.17) is 12.2 Å². The highest BCUT2D eigenvalue weighted by Gasteiger charge is 2.04. The van der Waals surface area contributed by atoms with Crippen molar-refractivity contribution in [1.29, 1.82) is 0 Å². The summed E-state index contributed by atoms with van der Waals surface area (Å²) in [5.74, 6) is 0. The van der Waals surface area contributed by atoms with Crippen molar-refractivity contribution in [3.8, 4) is 0 Å². The lowest BCUT2D eigenvalue weighted by Crippen LogP contribution is -2.41. The normalized spacial score (nSPS) is 12.1. The summed E-state index contributed by atoms with van der Waals surface area (Å²) in [6.45, 7) is 5.30. The summed E-state index contributed by atoms with van der Waals surface area (Å²) in [5.41, 5.74) is 1.38. The van der Waals surface area contributed by atoms with Crippen LogP contribution < -0.4 is 10.6 Å². The molecule has 0 bridgehead atoms. The first-order valence-corrected chi connectivity index (χ1v) is 7.13. The van der Waals surface area contributed by atoms with Gasteiger partial charge in [-0.2, -0.15) is 11.3 Å². The van der Waals surface area contributed by atoms with Gasteiger partial charge >= 0.3 is 0 Å². The molecule has 2 nitrogen and oxygen atoms in total. The fourth-order valence-corrected chi connectivity index (χ4v) is 2.45. The lowest BCUT2D eigenvalue weighted by Gasteiger charge is -2.16. The quantitative estimate of drug-likeness (QED) is 0.604. The standard InChI is InChI=1S/C12H20N2S2/c1-3-4-6-13-12(15)14-10(2)8-11-5-7-16-9-11/h5,7,9-10H,3-4,6,8H2,1-2H3,(H2,13,14,15). The number of thiophene rings is 1. The molecular weight excluding hydrogens is 236 g/mol. The van der Waals surface area contributed by atoms with Crippen LogP contribution in [0.1, 0.15) is 32.3 Å². The van der Waals surface area contributed by atoms with Gasteiger partial charge in [0.1, 0.15) is 0 Å². The highest BCUT2D eigenvalue weighted by atomic mass is 32.1. The third-order valence-corrected chi connectivity index (χ3v) is 3.31. The molecule has 0 aliphatic carbocycles. The van der Waals surface area contributed by atoms with Crippen LogP contribution >= 0.6 is 23.6 Å². The Labute approximate surface area is 107 Å². The lowest BCUT2D eigenvalue weighted by molar-refractivity contribution is 0.644. The minimum Gasteiger partial charge on any atom is -0.363 e. The highest BCUT2D eigenvalue weighted by Crippen LogP contribution is 2.08. The Balaban J connectivity index is 2.18. The van der Waals surface area contributed by atoms with Crippen LogP contribution in [0.25, 0.3) is 0 Å². The van der Waals surface area contributed by atoms with Gasteiger partial charge in [-0.1, -0.05) is 13.3 Å². The van der Waals surface area contributed by atoms with Gasteiger partial charge in [-0.15, -0.1) is 0 Å². The van der Waals surface area contributed by atoms with E-state index in [2.05, 4.69) is 41.3 Å². The van der Waals surface area contributed by atoms with E-state index >= 15 is 0 Å². The second-order valence-electron chi connectivity index (χ2n) is 3.99. The molecule has 1 aromatic rings. The van der Waals surface area contributed by atoms with Crippen molar-refractivity contribution >= 4 is 28.7 Å². The Morgan fingerprint density at radius 1 is 1.56 bits per heavy atom. The van der Waals surface area contributed by atoms with E-state index in [1.807, 2.05) is 0 Å². The number of thiocarbonyl (C=S) groups is 1. The average Bonchev–Trinajstić information content (AvgIpc) is 2.70. The van der Waals surface area contributed by atoms with E-state index in [9.17, 15) is 0 Å². The van der Waals surface area contributed by atoms with E-state index in [0.717, 1.165) is 18.1 Å². The van der Waals surface area contributed by atoms with Crippen molar-refractivity contribution in [2.24, 2.45) is 0 Å². The van der Waals surface area contributed by atoms with Crippen LogP contribution in [-0.4, -0.2) is 17.7 Å². The van der Waals surface area contributed by atoms with Crippen molar-refractivity contribution in [3.05, 3.63) is 22.4 Å². The van der Waals surface area contributed by atoms with Gasteiger partial charge in [0, 0.05) is 12.6 Å². The maximum absolute atomic E-state index is 5.22. The Morgan fingerprint density at radius 2 is 2.38 bits per heavy atom. The van der Waals surface area contributed by atoms with E-state index in [-0.39, 0.29) is 0 Å². The van der Waals surface area contributed by atoms with Crippen LogP contribution in [0.4, 0.5) is 0 Å². The molecule has 16 heavy (non-hydrogen) atoms. The number of rotatable bonds is 6. The zero-order valence-electron chi connectivity index (χ0n) is 9.95. The van der Waals surface area contributed by atoms with Crippen LogP contribution in [0.3, 0.4) is 0 Å². The van der Waals surface area contributed by atoms with Gasteiger partial charge in [-0.3, -0.25) is 0 Å². The molecule has 90 valence electrons. The zero-order chi connectivity index (χ0) is 11.8. The van der Waals surface area contributed by atoms with Gasteiger partial charge in [0.15, 0.2) is 5.11 Å². The Hall–Kier alpha value is -0.610. The molecule has 0 radical (unpaired) electrons. The molecule has 1 heterocycles. The fraction of sp³-hybridized carbons (Fsp3) is 0.583. The van der Waals surface area contributed by atoms with Gasteiger partial charge in [0.2, 0.25) is 0 Å². The van der Waals surface area contributed by atoms with Gasteiger partial charge < -0.3 is 10.6 Å². The van der Waals surface area contributed by atoms with Crippen LogP contribution in [0.5, 0.6) is 0 Å². The Bertz CT molecular complexity index is 296. The topological polar surface area (TPSA) is 24.1 Å². The summed E-state index contributed by atoms with van der Waals surface area (Å²) < 4.78 is 0. The molecule has 2 N–H and O–H groups in total. The second kappa shape index (κ2) is 7.63. The average molecular weight is 256 g/mol. The molecule has 0 aliphatic rings. The van der Waals surface area contributed by atoms with E-state index in [1.54, 1.807) is 11.3 Å². The first-order valence-electron chi connectivity index (χ1n) is 5.77. The molecule has 0 aromatic carbocycles. The summed E-state index contributed by atoms with van der Waals surface area (Å²) >= 11 is 6.96. The monoisotopic (exact) mass is 256 g/mol. The summed E-state index contributed by atoms with van der Waals surface area (Å²) in [5, 5.41) is 11.6. The molecule has 0 fully saturated rings. The predicted molar refractivity (Wildman–Crippen MR) is 76.1 cm³/mol. The van der Waals surface area contributed by atoms with Crippen LogP contribution in [0.15, 0.2) is 16.8 Å². The van der Waals surface area contributed by atoms with Gasteiger partial charge in [0.25, 0.3) is 0 Å². The zero-order valence-corrected chi connectivity index (χ0v) is 11.6. The SMILES string of the molecule is CCCCNC(=S)NC(C)Cc1ccsc1. The molecule has 0 saturated carbocycles. The molecule has 0 saturated heterocycles. The van der Waals surface area contributed by atoms with Crippen molar-refractivity contribution in [2.45, 2.75) is 39.2 Å². The molecule has 0 aliphatic heterocycles. The van der Waals surface area contributed by atoms with Crippen LogP contribution in [0.2, 0.25) is 0 Å². The molecule has 0 amide bonds. The molecule has 4 heteroatoms. The number of hydrogen-bond acceptors (Lipinski definition) is 2.